The molecule has 4 nitrogen and oxygen atoms in total. The molecular weight excluding hydrogens is 194 g/mol. The van der Waals surface area contributed by atoms with Crippen molar-refractivity contribution < 1.29 is 14.6 Å². The molecule has 1 amide bonds. The van der Waals surface area contributed by atoms with Crippen LogP contribution < -0.4 is 0 Å². The molecule has 0 aliphatic rings. The smallest absolute Gasteiger partial charge is 0.253 e. The molecule has 0 spiro atoms. The number of benzene rings is 1. The highest BCUT2D eigenvalue weighted by Gasteiger charge is 2.11. The van der Waals surface area contributed by atoms with Gasteiger partial charge in [0, 0.05) is 26.3 Å². The third kappa shape index (κ3) is 3.25. The summed E-state index contributed by atoms with van der Waals surface area (Å²) >= 11 is 0. The van der Waals surface area contributed by atoms with Gasteiger partial charge >= 0.3 is 0 Å². The van der Waals surface area contributed by atoms with E-state index in [0.29, 0.717) is 18.7 Å². The van der Waals surface area contributed by atoms with Crippen molar-refractivity contribution in [1.82, 2.24) is 4.90 Å². The molecule has 0 atom stereocenters. The molecular formula is C11H15NO3. The average Bonchev–Trinajstić information content (AvgIpc) is 2.24. The molecule has 0 saturated carbocycles. The van der Waals surface area contributed by atoms with E-state index in [1.807, 2.05) is 0 Å². The molecule has 0 saturated heterocycles. The van der Waals surface area contributed by atoms with Gasteiger partial charge in [0.25, 0.3) is 5.91 Å². The summed E-state index contributed by atoms with van der Waals surface area (Å²) < 4.78 is 4.88. The highest BCUT2D eigenvalue weighted by molar-refractivity contribution is 5.94. The maximum atomic E-state index is 11.8. The number of carbonyl (C=O) groups excluding carboxylic acids is 1. The highest BCUT2D eigenvalue weighted by Crippen LogP contribution is 2.12. The molecule has 1 N–H and O–H groups in total. The van der Waals surface area contributed by atoms with Crippen LogP contribution in [0.15, 0.2) is 24.3 Å². The number of aromatic hydroxyl groups is 1. The molecule has 0 radical (unpaired) electrons. The van der Waals surface area contributed by atoms with Gasteiger partial charge in [-0.25, -0.2) is 0 Å². The van der Waals surface area contributed by atoms with Crippen LogP contribution in [0.2, 0.25) is 0 Å². The van der Waals surface area contributed by atoms with Crippen LogP contribution in [0.3, 0.4) is 0 Å². The lowest BCUT2D eigenvalue weighted by molar-refractivity contribution is 0.0744. The van der Waals surface area contributed by atoms with E-state index < -0.39 is 0 Å². The van der Waals surface area contributed by atoms with E-state index in [0.717, 1.165) is 0 Å². The predicted octanol–water partition coefficient (Wildman–Crippen LogP) is 1.11. The molecule has 1 aromatic rings. The Hall–Kier alpha value is -1.55. The molecule has 0 unspecified atom stereocenters. The number of methoxy groups -OCH3 is 1. The number of amides is 1. The fourth-order valence-corrected chi connectivity index (χ4v) is 1.19. The van der Waals surface area contributed by atoms with Crippen molar-refractivity contribution in [2.75, 3.05) is 27.3 Å². The molecule has 0 aromatic heterocycles. The first-order chi connectivity index (χ1) is 7.15. The number of hydrogen-bond donors (Lipinski definition) is 1. The molecule has 82 valence electrons. The minimum atomic E-state index is -0.122. The van der Waals surface area contributed by atoms with Crippen molar-refractivity contribution in [2.45, 2.75) is 0 Å². The second kappa shape index (κ2) is 5.36. The lowest BCUT2D eigenvalue weighted by Gasteiger charge is -2.16. The van der Waals surface area contributed by atoms with E-state index in [2.05, 4.69) is 0 Å². The first-order valence-electron chi connectivity index (χ1n) is 4.68. The van der Waals surface area contributed by atoms with Gasteiger partial charge in [-0.3, -0.25) is 4.79 Å². The first kappa shape index (κ1) is 11.5. The van der Waals surface area contributed by atoms with E-state index in [1.165, 1.54) is 12.1 Å². The maximum absolute atomic E-state index is 11.8. The van der Waals surface area contributed by atoms with Gasteiger partial charge in [-0.2, -0.15) is 0 Å². The number of phenols is 1. The minimum absolute atomic E-state index is 0.0981. The van der Waals surface area contributed by atoms with E-state index >= 15 is 0 Å². The van der Waals surface area contributed by atoms with Crippen LogP contribution in [0, 0.1) is 0 Å². The SMILES string of the molecule is COCCN(C)C(=O)c1cccc(O)c1. The normalized spacial score (nSPS) is 10.0. The Balaban J connectivity index is 2.67. The Labute approximate surface area is 89.1 Å². The lowest BCUT2D eigenvalue weighted by atomic mass is 10.2. The summed E-state index contributed by atoms with van der Waals surface area (Å²) in [6.45, 7) is 1.03. The Morgan fingerprint density at radius 3 is 2.87 bits per heavy atom. The van der Waals surface area contributed by atoms with Gasteiger partial charge in [-0.05, 0) is 18.2 Å². The zero-order valence-corrected chi connectivity index (χ0v) is 8.93. The van der Waals surface area contributed by atoms with Gasteiger partial charge in [0.15, 0.2) is 0 Å². The number of rotatable bonds is 4. The van der Waals surface area contributed by atoms with E-state index in [9.17, 15) is 9.90 Å². The second-order valence-corrected chi connectivity index (χ2v) is 3.27. The number of nitrogens with zero attached hydrogens (tertiary/aromatic N) is 1. The fraction of sp³-hybridized carbons (Fsp3) is 0.364. The van der Waals surface area contributed by atoms with Crippen LogP contribution in [0.25, 0.3) is 0 Å². The summed E-state index contributed by atoms with van der Waals surface area (Å²) in [5, 5.41) is 9.22. The summed E-state index contributed by atoms with van der Waals surface area (Å²) in [6.07, 6.45) is 0. The molecule has 1 aromatic carbocycles. The van der Waals surface area contributed by atoms with Crippen LogP contribution in [-0.4, -0.2) is 43.2 Å². The summed E-state index contributed by atoms with van der Waals surface area (Å²) in [7, 11) is 3.29. The van der Waals surface area contributed by atoms with Crippen molar-refractivity contribution in [3.63, 3.8) is 0 Å². The number of carbonyl (C=O) groups is 1. The number of likely N-dealkylation sites (N-methyl/N-ethyl adjacent to an activating group) is 1. The Kier molecular flexibility index (Phi) is 4.12. The van der Waals surface area contributed by atoms with Crippen molar-refractivity contribution >= 4 is 5.91 Å². The van der Waals surface area contributed by atoms with Gasteiger partial charge in [-0.1, -0.05) is 6.07 Å². The summed E-state index contributed by atoms with van der Waals surface area (Å²) in [4.78, 5) is 13.3. The molecule has 15 heavy (non-hydrogen) atoms. The van der Waals surface area contributed by atoms with Gasteiger partial charge < -0.3 is 14.7 Å². The quantitative estimate of drug-likeness (QED) is 0.808. The van der Waals surface area contributed by atoms with Crippen LogP contribution in [-0.2, 0) is 4.74 Å². The molecule has 4 heteroatoms. The zero-order chi connectivity index (χ0) is 11.3. The molecule has 0 heterocycles. The molecule has 0 bridgehead atoms. The molecule has 0 fully saturated rings. The third-order valence-corrected chi connectivity index (χ3v) is 2.07. The molecule has 0 aliphatic carbocycles. The Morgan fingerprint density at radius 1 is 1.53 bits per heavy atom. The standard InChI is InChI=1S/C11H15NO3/c1-12(6-7-15-2)11(14)9-4-3-5-10(13)8-9/h3-5,8,13H,6-7H2,1-2H3. The highest BCUT2D eigenvalue weighted by atomic mass is 16.5. The largest absolute Gasteiger partial charge is 0.508 e. The number of hydrogen-bond acceptors (Lipinski definition) is 3. The third-order valence-electron chi connectivity index (χ3n) is 2.07. The van der Waals surface area contributed by atoms with E-state index in [4.69, 9.17) is 4.74 Å². The molecule has 0 aliphatic heterocycles. The topological polar surface area (TPSA) is 49.8 Å². The van der Waals surface area contributed by atoms with Crippen LogP contribution in [0.4, 0.5) is 0 Å². The van der Waals surface area contributed by atoms with Crippen LogP contribution in [0.1, 0.15) is 10.4 Å². The van der Waals surface area contributed by atoms with Gasteiger partial charge in [0.2, 0.25) is 0 Å². The Morgan fingerprint density at radius 2 is 2.27 bits per heavy atom. The fourth-order valence-electron chi connectivity index (χ4n) is 1.19. The van der Waals surface area contributed by atoms with Crippen molar-refractivity contribution in [3.8, 4) is 5.75 Å². The number of ether oxygens (including phenoxy) is 1. The van der Waals surface area contributed by atoms with E-state index in [1.54, 1.807) is 31.2 Å². The number of phenolic OH excluding ortho intramolecular Hbond substituents is 1. The first-order valence-corrected chi connectivity index (χ1v) is 4.68. The molecule has 1 rings (SSSR count). The predicted molar refractivity (Wildman–Crippen MR) is 56.9 cm³/mol. The van der Waals surface area contributed by atoms with Gasteiger partial charge in [0.05, 0.1) is 6.61 Å². The van der Waals surface area contributed by atoms with Gasteiger partial charge in [-0.15, -0.1) is 0 Å². The van der Waals surface area contributed by atoms with E-state index in [-0.39, 0.29) is 11.7 Å². The van der Waals surface area contributed by atoms with Crippen molar-refractivity contribution in [1.29, 1.82) is 0 Å². The lowest BCUT2D eigenvalue weighted by Crippen LogP contribution is -2.29. The van der Waals surface area contributed by atoms with Crippen molar-refractivity contribution in [2.24, 2.45) is 0 Å². The minimum Gasteiger partial charge on any atom is -0.508 e. The summed E-state index contributed by atoms with van der Waals surface area (Å²) in [5.74, 6) is -0.0241. The second-order valence-electron chi connectivity index (χ2n) is 3.27. The monoisotopic (exact) mass is 209 g/mol. The summed E-state index contributed by atoms with van der Waals surface area (Å²) in [6, 6.07) is 6.30. The van der Waals surface area contributed by atoms with Crippen LogP contribution in [0.5, 0.6) is 5.75 Å². The van der Waals surface area contributed by atoms with Gasteiger partial charge in [0.1, 0.15) is 5.75 Å². The zero-order valence-electron chi connectivity index (χ0n) is 8.93. The average molecular weight is 209 g/mol. The van der Waals surface area contributed by atoms with Crippen molar-refractivity contribution in [3.05, 3.63) is 29.8 Å². The summed E-state index contributed by atoms with van der Waals surface area (Å²) in [5.41, 5.74) is 0.480. The Bertz CT molecular complexity index is 338. The maximum Gasteiger partial charge on any atom is 0.253 e. The van der Waals surface area contributed by atoms with Crippen LogP contribution >= 0.6 is 0 Å².